The predicted molar refractivity (Wildman–Crippen MR) is 166 cm³/mol. The highest BCUT2D eigenvalue weighted by atomic mass is 16.6. The Morgan fingerprint density at radius 1 is 0.870 bits per heavy atom. The fraction of sp³-hybridized carbons (Fsp3) is 0.314. The molecule has 2 saturated heterocycles. The Hall–Kier alpha value is -5.16. The molecule has 0 spiro atoms. The molecule has 0 bridgehead atoms. The Labute approximate surface area is 264 Å². The zero-order valence-corrected chi connectivity index (χ0v) is 24.9. The van der Waals surface area contributed by atoms with Crippen LogP contribution in [0.15, 0.2) is 90.5 Å². The molecule has 3 aromatic carbocycles. The van der Waals surface area contributed by atoms with Gasteiger partial charge in [0.1, 0.15) is 12.4 Å². The molecule has 11 heteroatoms. The third kappa shape index (κ3) is 4.22. The Balaban J connectivity index is 1.35. The lowest BCUT2D eigenvalue weighted by Gasteiger charge is -2.49. The summed E-state index contributed by atoms with van der Waals surface area (Å²) in [7, 11) is 0. The van der Waals surface area contributed by atoms with Gasteiger partial charge in [-0.2, -0.15) is 0 Å². The zero-order chi connectivity index (χ0) is 32.3. The lowest BCUT2D eigenvalue weighted by Crippen LogP contribution is -2.49. The highest BCUT2D eigenvalue weighted by Gasteiger charge is 2.68. The van der Waals surface area contributed by atoms with Crippen LogP contribution in [0.1, 0.15) is 31.2 Å². The fourth-order valence-electron chi connectivity index (χ4n) is 8.17. The SMILES string of the molecule is CC12C(=O)N(c3ccccc3)C(=O)C1CC1C(=CCC3C(=O)N(c4ccc([N+](=O)[O-])cc4)C(=O)C31)C2c1ccccc1OCCO. The second-order valence-electron chi connectivity index (χ2n) is 12.4. The maximum absolute atomic E-state index is 14.5. The average Bonchev–Trinajstić information content (AvgIpc) is 3.43. The number of hydrogen-bond acceptors (Lipinski definition) is 8. The van der Waals surface area contributed by atoms with Gasteiger partial charge in [0.05, 0.1) is 46.1 Å². The van der Waals surface area contributed by atoms with E-state index in [1.165, 1.54) is 29.2 Å². The minimum atomic E-state index is -1.23. The predicted octanol–water partition coefficient (Wildman–Crippen LogP) is 4.40. The van der Waals surface area contributed by atoms with E-state index in [9.17, 15) is 34.4 Å². The summed E-state index contributed by atoms with van der Waals surface area (Å²) < 4.78 is 5.95. The summed E-state index contributed by atoms with van der Waals surface area (Å²) in [5.41, 5.74) is 0.792. The molecule has 6 atom stereocenters. The number of amides is 4. The molecular formula is C35H31N3O8. The number of para-hydroxylation sites is 2. The number of fused-ring (bicyclic) bond motifs is 4. The highest BCUT2D eigenvalue weighted by molar-refractivity contribution is 6.25. The summed E-state index contributed by atoms with van der Waals surface area (Å²) >= 11 is 0. The minimum Gasteiger partial charge on any atom is -0.491 e. The van der Waals surface area contributed by atoms with Crippen molar-refractivity contribution in [3.05, 3.63) is 106 Å². The Bertz CT molecular complexity index is 1810. The third-order valence-corrected chi connectivity index (χ3v) is 10.2. The maximum atomic E-state index is 14.5. The van der Waals surface area contributed by atoms with Crippen molar-refractivity contribution >= 4 is 40.7 Å². The van der Waals surface area contributed by atoms with Gasteiger partial charge < -0.3 is 9.84 Å². The number of benzene rings is 3. The lowest BCUT2D eigenvalue weighted by atomic mass is 9.51. The van der Waals surface area contributed by atoms with Gasteiger partial charge >= 0.3 is 0 Å². The molecule has 1 saturated carbocycles. The number of aliphatic hydroxyl groups is 1. The summed E-state index contributed by atoms with van der Waals surface area (Å²) in [6.07, 6.45) is 2.40. The number of nitro benzene ring substituents is 1. The largest absolute Gasteiger partial charge is 0.491 e. The number of non-ortho nitro benzene ring substituents is 1. The number of carbonyl (C=O) groups excluding carboxylic acids is 4. The number of rotatable bonds is 7. The standard InChI is InChI=1S/C35H31N3O8/c1-35-27(32(41)37(34(35)43)20-7-3-2-4-8-20)19-26-23(30(35)24-9-5-6-10-28(24)46-18-17-39)15-16-25-29(26)33(42)36(31(25)40)21-11-13-22(14-12-21)38(44)45/h2-15,25-27,29-30,39H,16-19H2,1H3. The van der Waals surface area contributed by atoms with Crippen LogP contribution in [0, 0.1) is 39.2 Å². The number of allylic oxidation sites excluding steroid dienone is 2. The molecule has 4 amide bonds. The van der Waals surface area contributed by atoms with Crippen LogP contribution in [0.3, 0.4) is 0 Å². The number of ether oxygens (including phenoxy) is 1. The molecule has 2 aliphatic heterocycles. The van der Waals surface area contributed by atoms with Crippen molar-refractivity contribution in [2.45, 2.75) is 25.7 Å². The molecule has 7 rings (SSSR count). The van der Waals surface area contributed by atoms with Gasteiger partial charge in [0.2, 0.25) is 23.6 Å². The van der Waals surface area contributed by atoms with Crippen molar-refractivity contribution < 1.29 is 33.9 Å². The van der Waals surface area contributed by atoms with Crippen molar-refractivity contribution in [3.63, 3.8) is 0 Å². The van der Waals surface area contributed by atoms with E-state index in [0.29, 0.717) is 17.0 Å². The fourth-order valence-corrected chi connectivity index (χ4v) is 8.17. The smallest absolute Gasteiger partial charge is 0.269 e. The number of aliphatic hydroxyl groups excluding tert-OH is 1. The van der Waals surface area contributed by atoms with E-state index in [1.807, 2.05) is 25.1 Å². The summed E-state index contributed by atoms with van der Waals surface area (Å²) in [6.45, 7) is 1.61. The first-order valence-electron chi connectivity index (χ1n) is 15.3. The van der Waals surface area contributed by atoms with Crippen LogP contribution in [-0.2, 0) is 19.2 Å². The minimum absolute atomic E-state index is 0.0251. The topological polar surface area (TPSA) is 147 Å². The normalized spacial score (nSPS) is 28.5. The quantitative estimate of drug-likeness (QED) is 0.177. The Kier molecular flexibility index (Phi) is 7.08. The van der Waals surface area contributed by atoms with Crippen molar-refractivity contribution in [2.24, 2.45) is 29.1 Å². The molecule has 0 aromatic heterocycles. The number of anilines is 2. The van der Waals surface area contributed by atoms with Gasteiger partial charge in [-0.25, -0.2) is 4.90 Å². The molecule has 11 nitrogen and oxygen atoms in total. The number of carbonyl (C=O) groups is 4. The first-order chi connectivity index (χ1) is 22.2. The summed E-state index contributed by atoms with van der Waals surface area (Å²) in [4.78, 5) is 69.8. The van der Waals surface area contributed by atoms with Crippen molar-refractivity contribution in [2.75, 3.05) is 23.0 Å². The van der Waals surface area contributed by atoms with Crippen LogP contribution in [-0.4, -0.2) is 46.9 Å². The third-order valence-electron chi connectivity index (χ3n) is 10.2. The molecule has 6 unspecified atom stereocenters. The molecule has 46 heavy (non-hydrogen) atoms. The van der Waals surface area contributed by atoms with Crippen LogP contribution in [0.5, 0.6) is 5.75 Å². The highest BCUT2D eigenvalue weighted by Crippen LogP contribution is 2.64. The van der Waals surface area contributed by atoms with Gasteiger partial charge in [0, 0.05) is 23.6 Å². The van der Waals surface area contributed by atoms with Crippen molar-refractivity contribution in [1.29, 1.82) is 0 Å². The van der Waals surface area contributed by atoms with Gasteiger partial charge in [-0.15, -0.1) is 0 Å². The lowest BCUT2D eigenvalue weighted by molar-refractivity contribution is -0.384. The second-order valence-corrected chi connectivity index (χ2v) is 12.4. The van der Waals surface area contributed by atoms with Gasteiger partial charge in [0.15, 0.2) is 0 Å². The van der Waals surface area contributed by atoms with E-state index in [2.05, 4.69) is 0 Å². The zero-order valence-electron chi connectivity index (χ0n) is 24.9. The number of nitrogens with zero attached hydrogens (tertiary/aromatic N) is 3. The van der Waals surface area contributed by atoms with Gasteiger partial charge in [0.25, 0.3) is 5.69 Å². The van der Waals surface area contributed by atoms with Crippen LogP contribution in [0.2, 0.25) is 0 Å². The Morgan fingerprint density at radius 2 is 1.54 bits per heavy atom. The molecule has 2 heterocycles. The van der Waals surface area contributed by atoms with E-state index >= 15 is 0 Å². The molecule has 2 aliphatic carbocycles. The second kappa shape index (κ2) is 11.0. The number of imide groups is 2. The van der Waals surface area contributed by atoms with E-state index in [4.69, 9.17) is 4.74 Å². The maximum Gasteiger partial charge on any atom is 0.269 e. The summed E-state index contributed by atoms with van der Waals surface area (Å²) in [6, 6.07) is 21.3. The van der Waals surface area contributed by atoms with Crippen LogP contribution >= 0.6 is 0 Å². The monoisotopic (exact) mass is 621 g/mol. The first kappa shape index (κ1) is 29.5. The van der Waals surface area contributed by atoms with Gasteiger partial charge in [-0.3, -0.25) is 34.2 Å². The van der Waals surface area contributed by atoms with E-state index in [1.54, 1.807) is 42.5 Å². The molecule has 4 aliphatic rings. The van der Waals surface area contributed by atoms with Crippen molar-refractivity contribution in [3.8, 4) is 5.75 Å². The molecule has 3 aromatic rings. The molecular weight excluding hydrogens is 590 g/mol. The van der Waals surface area contributed by atoms with Crippen molar-refractivity contribution in [1.82, 2.24) is 0 Å². The van der Waals surface area contributed by atoms with E-state index in [0.717, 1.165) is 10.5 Å². The molecule has 234 valence electrons. The van der Waals surface area contributed by atoms with Crippen LogP contribution < -0.4 is 14.5 Å². The number of nitro groups is 1. The Morgan fingerprint density at radius 3 is 2.24 bits per heavy atom. The summed E-state index contributed by atoms with van der Waals surface area (Å²) in [5, 5.41) is 20.7. The van der Waals surface area contributed by atoms with E-state index < -0.39 is 51.7 Å². The van der Waals surface area contributed by atoms with Gasteiger partial charge in [-0.05, 0) is 56.0 Å². The van der Waals surface area contributed by atoms with Crippen LogP contribution in [0.4, 0.5) is 17.1 Å². The first-order valence-corrected chi connectivity index (χ1v) is 15.3. The number of hydrogen-bond donors (Lipinski definition) is 1. The summed E-state index contributed by atoms with van der Waals surface area (Å²) in [5.74, 6) is -4.51. The molecule has 0 radical (unpaired) electrons. The van der Waals surface area contributed by atoms with Gasteiger partial charge in [-0.1, -0.05) is 48.0 Å². The molecule has 1 N–H and O–H groups in total. The molecule has 3 fully saturated rings. The van der Waals surface area contributed by atoms with Crippen LogP contribution in [0.25, 0.3) is 0 Å². The average molecular weight is 622 g/mol. The van der Waals surface area contributed by atoms with E-state index in [-0.39, 0.29) is 49.2 Å².